The number of amides is 1. The van der Waals surface area contributed by atoms with Crippen molar-refractivity contribution < 1.29 is 18.8 Å². The topological polar surface area (TPSA) is 93.5 Å². The van der Waals surface area contributed by atoms with Crippen LogP contribution in [0.3, 0.4) is 0 Å². The number of rotatable bonds is 6. The van der Waals surface area contributed by atoms with E-state index >= 15 is 0 Å². The van der Waals surface area contributed by atoms with E-state index in [4.69, 9.17) is 9.26 Å². The highest BCUT2D eigenvalue weighted by Crippen LogP contribution is 2.40. The molecule has 1 amide bonds. The first kappa shape index (κ1) is 16.0. The van der Waals surface area contributed by atoms with Crippen LogP contribution >= 0.6 is 0 Å². The molecule has 0 bridgehead atoms. The Hall–Kier alpha value is -1.89. The van der Waals surface area contributed by atoms with E-state index in [9.17, 15) is 9.59 Å². The quantitative estimate of drug-likeness (QED) is 0.765. The van der Waals surface area contributed by atoms with Crippen LogP contribution in [0.15, 0.2) is 10.6 Å². The average Bonchev–Trinajstić information content (AvgIpc) is 3.31. The van der Waals surface area contributed by atoms with E-state index < -0.39 is 5.41 Å². The molecule has 7 nitrogen and oxygen atoms in total. The highest BCUT2D eigenvalue weighted by atomic mass is 16.5. The van der Waals surface area contributed by atoms with E-state index in [1.165, 1.54) is 0 Å². The number of carbonyl (C=O) groups excluding carboxylic acids is 2. The van der Waals surface area contributed by atoms with Gasteiger partial charge in [-0.3, -0.25) is 9.59 Å². The molecule has 1 aliphatic carbocycles. The van der Waals surface area contributed by atoms with Gasteiger partial charge in [0.1, 0.15) is 5.76 Å². The molecule has 0 aromatic carbocycles. The minimum absolute atomic E-state index is 0.236. The second kappa shape index (κ2) is 6.70. The maximum absolute atomic E-state index is 12.3. The van der Waals surface area contributed by atoms with Crippen LogP contribution in [0.25, 0.3) is 0 Å². The highest BCUT2D eigenvalue weighted by Gasteiger charge is 2.41. The van der Waals surface area contributed by atoms with E-state index in [1.807, 2.05) is 0 Å². The summed E-state index contributed by atoms with van der Waals surface area (Å²) in [5.74, 6) is 0.653. The number of piperidine rings is 1. The molecule has 0 radical (unpaired) electrons. The van der Waals surface area contributed by atoms with Crippen LogP contribution in [0, 0.1) is 5.41 Å². The van der Waals surface area contributed by atoms with Gasteiger partial charge in [-0.2, -0.15) is 0 Å². The van der Waals surface area contributed by atoms with E-state index in [-0.39, 0.29) is 24.1 Å². The zero-order valence-corrected chi connectivity index (χ0v) is 13.4. The number of ether oxygens (including phenoxy) is 1. The lowest BCUT2D eigenvalue weighted by atomic mass is 9.78. The van der Waals surface area contributed by atoms with E-state index in [2.05, 4.69) is 15.8 Å². The van der Waals surface area contributed by atoms with Crippen molar-refractivity contribution in [3.63, 3.8) is 0 Å². The molecule has 1 aromatic heterocycles. The van der Waals surface area contributed by atoms with Crippen LogP contribution in [0.4, 0.5) is 0 Å². The number of aromatic nitrogens is 1. The Morgan fingerprint density at radius 2 is 2.17 bits per heavy atom. The fraction of sp³-hybridized carbons (Fsp3) is 0.688. The van der Waals surface area contributed by atoms with Crippen molar-refractivity contribution >= 4 is 11.9 Å². The molecule has 3 rings (SSSR count). The first-order chi connectivity index (χ1) is 11.1. The lowest BCUT2D eigenvalue weighted by Gasteiger charge is -2.35. The molecule has 2 heterocycles. The van der Waals surface area contributed by atoms with Crippen LogP contribution in [0.2, 0.25) is 0 Å². The van der Waals surface area contributed by atoms with Crippen molar-refractivity contribution in [2.75, 3.05) is 26.2 Å². The Morgan fingerprint density at radius 3 is 2.83 bits per heavy atom. The van der Waals surface area contributed by atoms with Crippen molar-refractivity contribution in [1.82, 2.24) is 15.8 Å². The van der Waals surface area contributed by atoms with E-state index in [0.717, 1.165) is 31.7 Å². The Morgan fingerprint density at radius 1 is 1.43 bits per heavy atom. The molecule has 23 heavy (non-hydrogen) atoms. The smallest absolute Gasteiger partial charge is 0.313 e. The number of hydrogen-bond acceptors (Lipinski definition) is 6. The molecular formula is C16H23N3O4. The minimum atomic E-state index is -0.653. The molecule has 1 aliphatic heterocycles. The summed E-state index contributed by atoms with van der Waals surface area (Å²) >= 11 is 0. The Kier molecular flexibility index (Phi) is 4.66. The van der Waals surface area contributed by atoms with Gasteiger partial charge in [-0.05, 0) is 45.7 Å². The molecule has 1 saturated heterocycles. The van der Waals surface area contributed by atoms with Gasteiger partial charge in [0.15, 0.2) is 5.69 Å². The summed E-state index contributed by atoms with van der Waals surface area (Å²) in [4.78, 5) is 24.6. The predicted molar refractivity (Wildman–Crippen MR) is 82.0 cm³/mol. The van der Waals surface area contributed by atoms with Gasteiger partial charge in [-0.1, -0.05) is 5.16 Å². The van der Waals surface area contributed by atoms with E-state index in [1.54, 1.807) is 13.0 Å². The molecule has 1 saturated carbocycles. The van der Waals surface area contributed by atoms with Gasteiger partial charge in [-0.25, -0.2) is 0 Å². The van der Waals surface area contributed by atoms with Crippen molar-refractivity contribution in [2.45, 2.75) is 38.5 Å². The van der Waals surface area contributed by atoms with Crippen LogP contribution in [0.1, 0.15) is 54.8 Å². The fourth-order valence-corrected chi connectivity index (χ4v) is 2.94. The molecule has 2 aliphatic rings. The molecule has 126 valence electrons. The number of hydrogen-bond donors (Lipinski definition) is 2. The standard InChI is InChI=1S/C16H23N3O4/c1-2-22-15(21)16(5-7-17-8-6-16)10-18-14(20)12-9-13(23-19-12)11-3-4-11/h9,11,17H,2-8,10H2,1H3,(H,18,20). The molecule has 0 spiro atoms. The third-order valence-electron chi connectivity index (χ3n) is 4.60. The third kappa shape index (κ3) is 3.55. The molecule has 0 unspecified atom stereocenters. The maximum atomic E-state index is 12.3. The number of nitrogens with zero attached hydrogens (tertiary/aromatic N) is 1. The molecular weight excluding hydrogens is 298 g/mol. The molecule has 1 aromatic rings. The Labute approximate surface area is 135 Å². The van der Waals surface area contributed by atoms with Crippen molar-refractivity contribution in [3.8, 4) is 0 Å². The molecule has 7 heteroatoms. The van der Waals surface area contributed by atoms with E-state index in [0.29, 0.717) is 25.4 Å². The number of nitrogens with one attached hydrogen (secondary N) is 2. The predicted octanol–water partition coefficient (Wildman–Crippen LogP) is 1.21. The maximum Gasteiger partial charge on any atom is 0.313 e. The monoisotopic (exact) mass is 321 g/mol. The first-order valence-corrected chi connectivity index (χ1v) is 8.27. The highest BCUT2D eigenvalue weighted by molar-refractivity contribution is 5.92. The lowest BCUT2D eigenvalue weighted by Crippen LogP contribution is -2.50. The van der Waals surface area contributed by atoms with Gasteiger partial charge < -0.3 is 19.9 Å². The zero-order valence-electron chi connectivity index (χ0n) is 13.4. The van der Waals surface area contributed by atoms with Gasteiger partial charge in [0.2, 0.25) is 0 Å². The number of esters is 1. The lowest BCUT2D eigenvalue weighted by molar-refractivity contribution is -0.156. The second-order valence-corrected chi connectivity index (χ2v) is 6.32. The largest absolute Gasteiger partial charge is 0.466 e. The van der Waals surface area contributed by atoms with Gasteiger partial charge in [0.25, 0.3) is 5.91 Å². The fourth-order valence-electron chi connectivity index (χ4n) is 2.94. The first-order valence-electron chi connectivity index (χ1n) is 8.27. The van der Waals surface area contributed by atoms with Gasteiger partial charge >= 0.3 is 5.97 Å². The normalized spacial score (nSPS) is 20.0. The van der Waals surface area contributed by atoms with Crippen molar-refractivity contribution in [1.29, 1.82) is 0 Å². The molecule has 0 atom stereocenters. The summed E-state index contributed by atoms with van der Waals surface area (Å²) in [5, 5.41) is 9.89. The summed E-state index contributed by atoms with van der Waals surface area (Å²) in [6.07, 6.45) is 3.49. The van der Waals surface area contributed by atoms with Crippen LogP contribution in [0.5, 0.6) is 0 Å². The second-order valence-electron chi connectivity index (χ2n) is 6.32. The number of carbonyl (C=O) groups is 2. The summed E-state index contributed by atoms with van der Waals surface area (Å²) in [6.45, 7) is 3.88. The zero-order chi connectivity index (χ0) is 16.3. The van der Waals surface area contributed by atoms with Crippen LogP contribution < -0.4 is 10.6 Å². The van der Waals surface area contributed by atoms with Crippen LogP contribution in [-0.2, 0) is 9.53 Å². The Balaban J connectivity index is 1.62. The van der Waals surface area contributed by atoms with Gasteiger partial charge in [0, 0.05) is 18.5 Å². The summed E-state index contributed by atoms with van der Waals surface area (Å²) < 4.78 is 10.4. The summed E-state index contributed by atoms with van der Waals surface area (Å²) in [6, 6.07) is 1.70. The van der Waals surface area contributed by atoms with Crippen LogP contribution in [-0.4, -0.2) is 43.3 Å². The SMILES string of the molecule is CCOC(=O)C1(CNC(=O)c2cc(C3CC3)on2)CCNCC1. The van der Waals surface area contributed by atoms with Crippen molar-refractivity contribution in [2.24, 2.45) is 5.41 Å². The molecule has 2 N–H and O–H groups in total. The Bertz CT molecular complexity index is 574. The summed E-state index contributed by atoms with van der Waals surface area (Å²) in [7, 11) is 0. The summed E-state index contributed by atoms with van der Waals surface area (Å²) in [5.41, 5.74) is -0.375. The average molecular weight is 321 g/mol. The van der Waals surface area contributed by atoms with Crippen molar-refractivity contribution in [3.05, 3.63) is 17.5 Å². The van der Waals surface area contributed by atoms with Gasteiger partial charge in [-0.15, -0.1) is 0 Å². The molecule has 2 fully saturated rings. The third-order valence-corrected chi connectivity index (χ3v) is 4.60. The van der Waals surface area contributed by atoms with Gasteiger partial charge in [0.05, 0.1) is 12.0 Å². The minimum Gasteiger partial charge on any atom is -0.466 e.